The van der Waals surface area contributed by atoms with Crippen molar-refractivity contribution in [2.24, 2.45) is 0 Å². The lowest BCUT2D eigenvalue weighted by Gasteiger charge is -2.16. The Morgan fingerprint density at radius 1 is 0.358 bits per heavy atom. The minimum atomic E-state index is 0.565. The van der Waals surface area contributed by atoms with Crippen molar-refractivity contribution in [1.29, 1.82) is 0 Å². The van der Waals surface area contributed by atoms with Gasteiger partial charge in [0.1, 0.15) is 11.3 Å². The third-order valence-corrected chi connectivity index (χ3v) is 10.8. The van der Waals surface area contributed by atoms with E-state index in [2.05, 4.69) is 153 Å². The fourth-order valence-corrected chi connectivity index (χ4v) is 8.49. The number of para-hydroxylation sites is 4. The van der Waals surface area contributed by atoms with Gasteiger partial charge in [0.05, 0.1) is 27.6 Å². The van der Waals surface area contributed by atoms with Crippen LogP contribution < -0.4 is 0 Å². The van der Waals surface area contributed by atoms with Crippen LogP contribution in [0.5, 0.6) is 0 Å². The minimum absolute atomic E-state index is 0.565. The summed E-state index contributed by atoms with van der Waals surface area (Å²) >= 11 is 0. The smallest absolute Gasteiger partial charge is 0.238 e. The van der Waals surface area contributed by atoms with E-state index in [1.54, 1.807) is 0 Å². The van der Waals surface area contributed by atoms with Crippen LogP contribution >= 0.6 is 0 Å². The molecule has 12 aromatic rings. The number of fused-ring (bicyclic) bond motifs is 12. The lowest BCUT2D eigenvalue weighted by Crippen LogP contribution is -2.08. The number of nitrogens with zero attached hydrogens (tertiary/aromatic N) is 7. The van der Waals surface area contributed by atoms with Crippen LogP contribution in [0.4, 0.5) is 0 Å². The molecule has 0 atom stereocenters. The van der Waals surface area contributed by atoms with Crippen molar-refractivity contribution in [2.75, 3.05) is 0 Å². The summed E-state index contributed by atoms with van der Waals surface area (Å²) in [6.45, 7) is 0. The van der Waals surface area contributed by atoms with Crippen molar-refractivity contribution in [3.05, 3.63) is 164 Å². The standard InChI is InChI=1S/C46H27N7/c1-6-18-39-30(11-1)31-12-2-7-19-40(31)52(39)45-36-24-22-28-21-23-29(51-38-17-5-3-13-32(38)34-15-9-25-47-43(34)51)27-37(28)42(36)49-46(50-45)53-41-20-8-4-14-33(41)35-16-10-26-48-44(35)53/h1-27H. The van der Waals surface area contributed by atoms with Gasteiger partial charge in [0.2, 0.25) is 5.95 Å². The van der Waals surface area contributed by atoms with E-state index < -0.39 is 0 Å². The molecule has 0 amide bonds. The van der Waals surface area contributed by atoms with Gasteiger partial charge in [-0.25, -0.2) is 15.0 Å². The van der Waals surface area contributed by atoms with Gasteiger partial charge in [-0.2, -0.15) is 4.98 Å². The molecule has 0 spiro atoms. The fourth-order valence-electron chi connectivity index (χ4n) is 8.49. The number of aromatic nitrogens is 7. The Balaban J connectivity index is 1.25. The number of rotatable bonds is 3. The lowest BCUT2D eigenvalue weighted by atomic mass is 10.1. The maximum atomic E-state index is 5.51. The molecular weight excluding hydrogens is 651 g/mol. The quantitative estimate of drug-likeness (QED) is 0.175. The lowest BCUT2D eigenvalue weighted by molar-refractivity contribution is 0.963. The van der Waals surface area contributed by atoms with E-state index in [4.69, 9.17) is 19.9 Å². The van der Waals surface area contributed by atoms with Gasteiger partial charge in [-0.15, -0.1) is 0 Å². The van der Waals surface area contributed by atoms with Crippen molar-refractivity contribution in [1.82, 2.24) is 33.6 Å². The van der Waals surface area contributed by atoms with Gasteiger partial charge in [-0.05, 0) is 72.1 Å². The molecule has 0 fully saturated rings. The molecule has 0 radical (unpaired) electrons. The Morgan fingerprint density at radius 2 is 0.849 bits per heavy atom. The summed E-state index contributed by atoms with van der Waals surface area (Å²) < 4.78 is 6.67. The summed E-state index contributed by atoms with van der Waals surface area (Å²) in [6.07, 6.45) is 3.71. The Bertz CT molecular complexity index is 3320. The third kappa shape index (κ3) is 3.88. The Hall–Kier alpha value is -7.38. The molecule has 0 N–H and O–H groups in total. The molecule has 0 aliphatic rings. The maximum absolute atomic E-state index is 5.51. The van der Waals surface area contributed by atoms with Crippen LogP contribution in [-0.4, -0.2) is 33.6 Å². The second kappa shape index (κ2) is 10.6. The molecular formula is C46H27N7. The van der Waals surface area contributed by atoms with Crippen LogP contribution in [0.1, 0.15) is 0 Å². The number of benzene rings is 6. The van der Waals surface area contributed by atoms with Crippen LogP contribution in [0.25, 0.3) is 105 Å². The average Bonchev–Trinajstić information content (AvgIpc) is 3.86. The predicted molar refractivity (Wildman–Crippen MR) is 216 cm³/mol. The molecule has 0 saturated heterocycles. The average molecular weight is 678 g/mol. The first-order chi connectivity index (χ1) is 26.3. The Labute approximate surface area is 301 Å². The third-order valence-electron chi connectivity index (χ3n) is 10.8. The predicted octanol–water partition coefficient (Wildman–Crippen LogP) is 10.9. The van der Waals surface area contributed by atoms with Gasteiger partial charge in [-0.3, -0.25) is 13.7 Å². The Kier molecular flexibility index (Phi) is 5.65. The monoisotopic (exact) mass is 677 g/mol. The summed E-state index contributed by atoms with van der Waals surface area (Å²) in [7, 11) is 0. The molecule has 0 aliphatic heterocycles. The van der Waals surface area contributed by atoms with Crippen molar-refractivity contribution in [2.45, 2.75) is 0 Å². The van der Waals surface area contributed by atoms with Gasteiger partial charge in [0.25, 0.3) is 0 Å². The Morgan fingerprint density at radius 3 is 1.47 bits per heavy atom. The normalized spacial score (nSPS) is 12.2. The highest BCUT2D eigenvalue weighted by Gasteiger charge is 2.22. The molecule has 6 aromatic carbocycles. The largest absolute Gasteiger partial charge is 0.294 e. The summed E-state index contributed by atoms with van der Waals surface area (Å²) in [5.41, 5.74) is 7.91. The van der Waals surface area contributed by atoms with E-state index in [1.165, 1.54) is 16.2 Å². The number of hydrogen-bond donors (Lipinski definition) is 0. The SMILES string of the molecule is c1ccc2c(c1)c1ccccc1n2-c1nc(-n2c3ccccc3c3cccnc32)nc2c1ccc1ccc(-n3c4ccccc4c4cccnc43)cc12. The van der Waals surface area contributed by atoms with E-state index in [-0.39, 0.29) is 0 Å². The van der Waals surface area contributed by atoms with Gasteiger partial charge in [0.15, 0.2) is 5.82 Å². The fraction of sp³-hybridized carbons (Fsp3) is 0. The molecule has 12 rings (SSSR count). The first-order valence-electron chi connectivity index (χ1n) is 17.7. The second-order valence-electron chi connectivity index (χ2n) is 13.5. The molecule has 7 heteroatoms. The maximum Gasteiger partial charge on any atom is 0.238 e. The zero-order valence-electron chi connectivity index (χ0n) is 28.2. The molecule has 0 aliphatic carbocycles. The first kappa shape index (κ1) is 28.3. The van der Waals surface area contributed by atoms with Crippen LogP contribution in [-0.2, 0) is 0 Å². The molecule has 53 heavy (non-hydrogen) atoms. The van der Waals surface area contributed by atoms with Crippen molar-refractivity contribution < 1.29 is 0 Å². The number of pyridine rings is 2. The van der Waals surface area contributed by atoms with E-state index in [0.29, 0.717) is 5.95 Å². The molecule has 6 heterocycles. The van der Waals surface area contributed by atoms with Crippen LogP contribution in [0.15, 0.2) is 164 Å². The summed E-state index contributed by atoms with van der Waals surface area (Å²) in [4.78, 5) is 20.8. The summed E-state index contributed by atoms with van der Waals surface area (Å²) in [5, 5.41) is 9.90. The van der Waals surface area contributed by atoms with Crippen LogP contribution in [0.2, 0.25) is 0 Å². The first-order valence-corrected chi connectivity index (χ1v) is 17.7. The second-order valence-corrected chi connectivity index (χ2v) is 13.5. The summed E-state index contributed by atoms with van der Waals surface area (Å²) in [5.74, 6) is 1.38. The highest BCUT2D eigenvalue weighted by molar-refractivity contribution is 6.14. The van der Waals surface area contributed by atoms with Gasteiger partial charge in [-0.1, -0.05) is 84.9 Å². The van der Waals surface area contributed by atoms with Gasteiger partial charge >= 0.3 is 0 Å². The molecule has 0 bridgehead atoms. The van der Waals surface area contributed by atoms with E-state index >= 15 is 0 Å². The molecule has 0 unspecified atom stereocenters. The van der Waals surface area contributed by atoms with Crippen LogP contribution in [0, 0.1) is 0 Å². The molecule has 246 valence electrons. The molecule has 6 aromatic heterocycles. The van der Waals surface area contributed by atoms with E-state index in [9.17, 15) is 0 Å². The summed E-state index contributed by atoms with van der Waals surface area (Å²) in [6, 6.07) is 53.3. The van der Waals surface area contributed by atoms with Crippen molar-refractivity contribution in [3.63, 3.8) is 0 Å². The van der Waals surface area contributed by atoms with Crippen LogP contribution in [0.3, 0.4) is 0 Å². The molecule has 0 saturated carbocycles. The zero-order valence-corrected chi connectivity index (χ0v) is 28.2. The van der Waals surface area contributed by atoms with Gasteiger partial charge in [0, 0.05) is 61.2 Å². The highest BCUT2D eigenvalue weighted by Crippen LogP contribution is 2.38. The van der Waals surface area contributed by atoms with Crippen molar-refractivity contribution in [3.8, 4) is 17.5 Å². The number of hydrogen-bond acceptors (Lipinski definition) is 4. The highest BCUT2D eigenvalue weighted by atomic mass is 15.2. The van der Waals surface area contributed by atoms with Gasteiger partial charge < -0.3 is 0 Å². The van der Waals surface area contributed by atoms with E-state index in [0.717, 1.165) is 82.7 Å². The zero-order chi connectivity index (χ0) is 34.6. The topological polar surface area (TPSA) is 66.3 Å². The minimum Gasteiger partial charge on any atom is -0.294 e. The van der Waals surface area contributed by atoms with Crippen molar-refractivity contribution >= 4 is 87.4 Å². The van der Waals surface area contributed by atoms with E-state index in [1.807, 2.05) is 24.5 Å². The molecule has 7 nitrogen and oxygen atoms in total.